The van der Waals surface area contributed by atoms with E-state index in [9.17, 15) is 9.59 Å². The van der Waals surface area contributed by atoms with Crippen LogP contribution in [0.5, 0.6) is 0 Å². The van der Waals surface area contributed by atoms with E-state index in [1.165, 1.54) is 0 Å². The van der Waals surface area contributed by atoms with Gasteiger partial charge in [-0.2, -0.15) is 0 Å². The van der Waals surface area contributed by atoms with E-state index in [-0.39, 0.29) is 12.1 Å². The van der Waals surface area contributed by atoms with E-state index in [2.05, 4.69) is 20.6 Å². The molecule has 0 atom stereocenters. The first-order valence-corrected chi connectivity index (χ1v) is 7.78. The molecule has 2 aromatic rings. The molecule has 2 heterocycles. The third-order valence-electron chi connectivity index (χ3n) is 3.87. The van der Waals surface area contributed by atoms with Gasteiger partial charge in [-0.25, -0.2) is 14.6 Å². The molecule has 1 aliphatic heterocycles. The van der Waals surface area contributed by atoms with Crippen LogP contribution in [-0.4, -0.2) is 53.6 Å². The van der Waals surface area contributed by atoms with E-state index < -0.39 is 0 Å². The van der Waals surface area contributed by atoms with E-state index in [1.54, 1.807) is 41.5 Å². The van der Waals surface area contributed by atoms with Gasteiger partial charge < -0.3 is 20.5 Å². The fraction of sp³-hybridized carbons (Fsp3) is 0.312. The van der Waals surface area contributed by atoms with Crippen LogP contribution in [0, 0.1) is 0 Å². The molecule has 0 unspecified atom stereocenters. The lowest BCUT2D eigenvalue weighted by Crippen LogP contribution is -2.31. The molecule has 1 fully saturated rings. The Kier molecular flexibility index (Phi) is 4.64. The van der Waals surface area contributed by atoms with E-state index >= 15 is 0 Å². The second-order valence-electron chi connectivity index (χ2n) is 5.61. The van der Waals surface area contributed by atoms with Gasteiger partial charge in [0.2, 0.25) is 0 Å². The van der Waals surface area contributed by atoms with Gasteiger partial charge in [0.05, 0.1) is 6.33 Å². The summed E-state index contributed by atoms with van der Waals surface area (Å²) in [5, 5.41) is 5.57. The number of H-pyrrole nitrogens is 1. The number of aromatic amines is 1. The number of nitrogens with one attached hydrogen (secondary N) is 3. The predicted octanol–water partition coefficient (Wildman–Crippen LogP) is 1.65. The van der Waals surface area contributed by atoms with Gasteiger partial charge in [0.15, 0.2) is 0 Å². The molecule has 0 radical (unpaired) electrons. The second-order valence-corrected chi connectivity index (χ2v) is 5.61. The number of likely N-dealkylation sites (N-methyl/N-ethyl adjacent to an activating group) is 1. The smallest absolute Gasteiger partial charge is 0.324 e. The second kappa shape index (κ2) is 7.03. The molecular formula is C16H20N6O2. The number of rotatable bonds is 5. The molecule has 24 heavy (non-hydrogen) atoms. The Morgan fingerprint density at radius 2 is 2.25 bits per heavy atom. The van der Waals surface area contributed by atoms with Crippen molar-refractivity contribution in [2.45, 2.75) is 6.42 Å². The maximum Gasteiger partial charge on any atom is 0.324 e. The molecule has 8 nitrogen and oxygen atoms in total. The lowest BCUT2D eigenvalue weighted by atomic mass is 10.2. The van der Waals surface area contributed by atoms with Gasteiger partial charge in [0.1, 0.15) is 0 Å². The summed E-state index contributed by atoms with van der Waals surface area (Å²) in [4.78, 5) is 34.3. The summed E-state index contributed by atoms with van der Waals surface area (Å²) >= 11 is 0. The van der Waals surface area contributed by atoms with Gasteiger partial charge in [0.25, 0.3) is 0 Å². The molecule has 0 aliphatic carbocycles. The monoisotopic (exact) mass is 328 g/mol. The maximum absolute atomic E-state index is 12.0. The average molecular weight is 328 g/mol. The highest BCUT2D eigenvalue weighted by atomic mass is 16.2. The van der Waals surface area contributed by atoms with Crippen LogP contribution in [0.4, 0.5) is 21.0 Å². The van der Waals surface area contributed by atoms with Gasteiger partial charge in [0, 0.05) is 56.4 Å². The van der Waals surface area contributed by atoms with Crippen molar-refractivity contribution >= 4 is 23.4 Å². The quantitative estimate of drug-likeness (QED) is 0.779. The molecule has 3 N–H and O–H groups in total. The van der Waals surface area contributed by atoms with Gasteiger partial charge in [-0.05, 0) is 18.2 Å². The number of amides is 4. The molecule has 1 aromatic carbocycles. The van der Waals surface area contributed by atoms with Crippen molar-refractivity contribution in [2.24, 2.45) is 0 Å². The molecule has 3 rings (SSSR count). The molecule has 0 spiro atoms. The van der Waals surface area contributed by atoms with Crippen LogP contribution < -0.4 is 15.5 Å². The van der Waals surface area contributed by atoms with E-state index in [0.29, 0.717) is 31.7 Å². The maximum atomic E-state index is 12.0. The minimum atomic E-state index is -0.281. The normalized spacial score (nSPS) is 14.1. The van der Waals surface area contributed by atoms with Crippen molar-refractivity contribution < 1.29 is 9.59 Å². The minimum absolute atomic E-state index is 0.0313. The standard InChI is InChI=1S/C16H20N6O2/c1-21-7-8-22(16(21)24)14-4-2-3-12(9-14)20-15(23)18-6-5-13-10-17-11-19-13/h2-4,9-11H,5-8H2,1H3,(H,17,19)(H2,18,20,23). The zero-order valence-electron chi connectivity index (χ0n) is 13.5. The zero-order valence-corrected chi connectivity index (χ0v) is 13.5. The Bertz CT molecular complexity index is 715. The van der Waals surface area contributed by atoms with Crippen LogP contribution in [0.15, 0.2) is 36.8 Å². The number of carbonyl (C=O) groups is 2. The largest absolute Gasteiger partial charge is 0.348 e. The van der Waals surface area contributed by atoms with Gasteiger partial charge >= 0.3 is 12.1 Å². The van der Waals surface area contributed by atoms with Crippen LogP contribution in [0.1, 0.15) is 5.69 Å². The minimum Gasteiger partial charge on any atom is -0.348 e. The molecule has 4 amide bonds. The Hall–Kier alpha value is -3.03. The van der Waals surface area contributed by atoms with Crippen molar-refractivity contribution in [3.63, 3.8) is 0 Å². The number of urea groups is 2. The molecule has 0 saturated carbocycles. The predicted molar refractivity (Wildman–Crippen MR) is 91.1 cm³/mol. The summed E-state index contributed by atoms with van der Waals surface area (Å²) in [5.41, 5.74) is 2.39. The number of hydrogen-bond acceptors (Lipinski definition) is 3. The van der Waals surface area contributed by atoms with Crippen LogP contribution >= 0.6 is 0 Å². The van der Waals surface area contributed by atoms with Crippen molar-refractivity contribution in [1.82, 2.24) is 20.2 Å². The molecule has 1 saturated heterocycles. The Labute approximate surface area is 139 Å². The van der Waals surface area contributed by atoms with Crippen molar-refractivity contribution in [1.29, 1.82) is 0 Å². The summed E-state index contributed by atoms with van der Waals surface area (Å²) in [7, 11) is 1.78. The number of carbonyl (C=O) groups excluding carboxylic acids is 2. The van der Waals surface area contributed by atoms with Gasteiger partial charge in [-0.1, -0.05) is 6.07 Å². The summed E-state index contributed by atoms with van der Waals surface area (Å²) < 4.78 is 0. The third kappa shape index (κ3) is 3.65. The van der Waals surface area contributed by atoms with Crippen molar-refractivity contribution in [2.75, 3.05) is 36.9 Å². The van der Waals surface area contributed by atoms with E-state index in [1.807, 2.05) is 12.1 Å². The van der Waals surface area contributed by atoms with E-state index in [4.69, 9.17) is 0 Å². The number of benzene rings is 1. The van der Waals surface area contributed by atoms with Gasteiger partial charge in [-0.3, -0.25) is 4.90 Å². The summed E-state index contributed by atoms with van der Waals surface area (Å²) in [6, 6.07) is 6.96. The first-order chi connectivity index (χ1) is 11.6. The number of hydrogen-bond donors (Lipinski definition) is 3. The van der Waals surface area contributed by atoms with Crippen LogP contribution in [-0.2, 0) is 6.42 Å². The molecule has 1 aromatic heterocycles. The lowest BCUT2D eigenvalue weighted by molar-refractivity contribution is 0.229. The molecule has 126 valence electrons. The lowest BCUT2D eigenvalue weighted by Gasteiger charge is -2.17. The van der Waals surface area contributed by atoms with E-state index in [0.717, 1.165) is 11.4 Å². The first-order valence-electron chi connectivity index (χ1n) is 7.78. The zero-order chi connectivity index (χ0) is 16.9. The molecule has 0 bridgehead atoms. The van der Waals surface area contributed by atoms with Crippen LogP contribution in [0.2, 0.25) is 0 Å². The van der Waals surface area contributed by atoms with Crippen molar-refractivity contribution in [3.8, 4) is 0 Å². The highest BCUT2D eigenvalue weighted by Gasteiger charge is 2.26. The Morgan fingerprint density at radius 1 is 1.38 bits per heavy atom. The molecular weight excluding hydrogens is 308 g/mol. The summed E-state index contributed by atoms with van der Waals surface area (Å²) in [6.45, 7) is 1.85. The Morgan fingerprint density at radius 3 is 2.96 bits per heavy atom. The van der Waals surface area contributed by atoms with Crippen LogP contribution in [0.3, 0.4) is 0 Å². The average Bonchev–Trinajstić information content (AvgIpc) is 3.19. The number of imidazole rings is 1. The highest BCUT2D eigenvalue weighted by molar-refractivity contribution is 5.95. The summed E-state index contributed by atoms with van der Waals surface area (Å²) in [5.74, 6) is 0. The third-order valence-corrected chi connectivity index (χ3v) is 3.87. The van der Waals surface area contributed by atoms with Crippen LogP contribution in [0.25, 0.3) is 0 Å². The number of anilines is 2. The molecule has 8 heteroatoms. The first kappa shape index (κ1) is 15.9. The number of aromatic nitrogens is 2. The van der Waals surface area contributed by atoms with Gasteiger partial charge in [-0.15, -0.1) is 0 Å². The fourth-order valence-electron chi connectivity index (χ4n) is 2.55. The number of nitrogens with zero attached hydrogens (tertiary/aromatic N) is 3. The highest BCUT2D eigenvalue weighted by Crippen LogP contribution is 2.22. The fourth-order valence-corrected chi connectivity index (χ4v) is 2.55. The summed E-state index contributed by atoms with van der Waals surface area (Å²) in [6.07, 6.45) is 4.02. The van der Waals surface area contributed by atoms with Crippen molar-refractivity contribution in [3.05, 3.63) is 42.5 Å². The SMILES string of the molecule is CN1CCN(c2cccc(NC(=O)NCCc3cnc[nH]3)c2)C1=O. The molecule has 1 aliphatic rings. The Balaban J connectivity index is 1.54. The topological polar surface area (TPSA) is 93.4 Å².